The first-order valence-corrected chi connectivity index (χ1v) is 3.97. The third-order valence-electron chi connectivity index (χ3n) is 1.86. The molecule has 0 aromatic rings. The predicted octanol–water partition coefficient (Wildman–Crippen LogP) is 0.914. The van der Waals surface area contributed by atoms with E-state index in [-0.39, 0.29) is 11.9 Å². The van der Waals surface area contributed by atoms with E-state index < -0.39 is 6.29 Å². The number of carbonyl (C=O) groups excluding carboxylic acids is 1. The van der Waals surface area contributed by atoms with Gasteiger partial charge in [-0.25, -0.2) is 0 Å². The van der Waals surface area contributed by atoms with Gasteiger partial charge in [0.1, 0.15) is 0 Å². The molecular formula is C8H14O3. The van der Waals surface area contributed by atoms with Gasteiger partial charge in [0.15, 0.2) is 0 Å². The monoisotopic (exact) mass is 158 g/mol. The second kappa shape index (κ2) is 3.22. The van der Waals surface area contributed by atoms with E-state index >= 15 is 0 Å². The second-order valence-corrected chi connectivity index (χ2v) is 3.47. The Morgan fingerprint density at radius 1 is 1.73 bits per heavy atom. The highest BCUT2D eigenvalue weighted by molar-refractivity contribution is 5.71. The first kappa shape index (κ1) is 8.53. The van der Waals surface area contributed by atoms with Gasteiger partial charge in [-0.3, -0.25) is 4.79 Å². The van der Waals surface area contributed by atoms with E-state index in [2.05, 4.69) is 18.6 Å². The van der Waals surface area contributed by atoms with Crippen molar-refractivity contribution < 1.29 is 14.6 Å². The van der Waals surface area contributed by atoms with Gasteiger partial charge >= 0.3 is 5.97 Å². The molecule has 0 radical (unpaired) electrons. The topological polar surface area (TPSA) is 46.5 Å². The standard InChI is InChI=1S/C8H14O3/c1-5(2)3-6-4-7(9)11-8(6)10/h5-6,8,10H,3-4H2,1-2H3. The van der Waals surface area contributed by atoms with Crippen molar-refractivity contribution >= 4 is 5.97 Å². The summed E-state index contributed by atoms with van der Waals surface area (Å²) >= 11 is 0. The molecule has 0 aliphatic carbocycles. The van der Waals surface area contributed by atoms with Crippen molar-refractivity contribution in [2.75, 3.05) is 0 Å². The summed E-state index contributed by atoms with van der Waals surface area (Å²) in [6.07, 6.45) is 0.372. The Labute approximate surface area is 66.4 Å². The average molecular weight is 158 g/mol. The zero-order valence-electron chi connectivity index (χ0n) is 6.91. The Balaban J connectivity index is 2.40. The summed E-state index contributed by atoms with van der Waals surface area (Å²) in [5, 5.41) is 9.17. The lowest BCUT2D eigenvalue weighted by Crippen LogP contribution is -2.16. The van der Waals surface area contributed by atoms with Crippen LogP contribution in [0.4, 0.5) is 0 Å². The Kier molecular flexibility index (Phi) is 2.49. The zero-order chi connectivity index (χ0) is 8.43. The minimum absolute atomic E-state index is 0.0162. The summed E-state index contributed by atoms with van der Waals surface area (Å²) in [6, 6.07) is 0. The van der Waals surface area contributed by atoms with Crippen LogP contribution in [0.5, 0.6) is 0 Å². The molecule has 2 atom stereocenters. The van der Waals surface area contributed by atoms with Crippen molar-refractivity contribution in [1.29, 1.82) is 0 Å². The summed E-state index contributed by atoms with van der Waals surface area (Å²) in [6.45, 7) is 4.13. The Bertz CT molecular complexity index is 153. The summed E-state index contributed by atoms with van der Waals surface area (Å²) in [7, 11) is 0. The number of cyclic esters (lactones) is 1. The van der Waals surface area contributed by atoms with Crippen LogP contribution in [0.2, 0.25) is 0 Å². The number of ether oxygens (including phenoxy) is 1. The fourth-order valence-corrected chi connectivity index (χ4v) is 1.40. The molecule has 1 rings (SSSR count). The maximum absolute atomic E-state index is 10.7. The molecule has 2 unspecified atom stereocenters. The fourth-order valence-electron chi connectivity index (χ4n) is 1.40. The van der Waals surface area contributed by atoms with Gasteiger partial charge in [-0.2, -0.15) is 0 Å². The van der Waals surface area contributed by atoms with Gasteiger partial charge in [0.2, 0.25) is 6.29 Å². The number of hydrogen-bond donors (Lipinski definition) is 1. The van der Waals surface area contributed by atoms with E-state index in [4.69, 9.17) is 5.11 Å². The van der Waals surface area contributed by atoms with Gasteiger partial charge in [0, 0.05) is 5.92 Å². The molecule has 0 saturated carbocycles. The van der Waals surface area contributed by atoms with Crippen molar-refractivity contribution in [3.05, 3.63) is 0 Å². The largest absolute Gasteiger partial charge is 0.436 e. The van der Waals surface area contributed by atoms with E-state index in [1.54, 1.807) is 0 Å². The third-order valence-corrected chi connectivity index (χ3v) is 1.86. The Morgan fingerprint density at radius 3 is 2.73 bits per heavy atom. The van der Waals surface area contributed by atoms with E-state index in [1.165, 1.54) is 0 Å². The minimum Gasteiger partial charge on any atom is -0.436 e. The van der Waals surface area contributed by atoms with Gasteiger partial charge in [0.05, 0.1) is 6.42 Å². The lowest BCUT2D eigenvalue weighted by atomic mass is 9.95. The smallest absolute Gasteiger partial charge is 0.308 e. The van der Waals surface area contributed by atoms with Crippen molar-refractivity contribution in [2.45, 2.75) is 33.0 Å². The molecule has 0 bridgehead atoms. The molecular weight excluding hydrogens is 144 g/mol. The van der Waals surface area contributed by atoms with Crippen LogP contribution in [0, 0.1) is 11.8 Å². The quantitative estimate of drug-likeness (QED) is 0.608. The summed E-state index contributed by atoms with van der Waals surface area (Å²) in [5.41, 5.74) is 0. The van der Waals surface area contributed by atoms with Crippen molar-refractivity contribution in [2.24, 2.45) is 11.8 Å². The molecule has 0 amide bonds. The molecule has 1 aliphatic heterocycles. The molecule has 64 valence electrons. The first-order chi connectivity index (χ1) is 5.09. The van der Waals surface area contributed by atoms with Crippen LogP contribution in [0.3, 0.4) is 0 Å². The van der Waals surface area contributed by atoms with Gasteiger partial charge in [0.25, 0.3) is 0 Å². The second-order valence-electron chi connectivity index (χ2n) is 3.47. The highest BCUT2D eigenvalue weighted by Gasteiger charge is 2.33. The van der Waals surface area contributed by atoms with Gasteiger partial charge < -0.3 is 9.84 Å². The lowest BCUT2D eigenvalue weighted by Gasteiger charge is -2.13. The summed E-state index contributed by atoms with van der Waals surface area (Å²) < 4.78 is 4.59. The molecule has 1 fully saturated rings. The maximum atomic E-state index is 10.7. The van der Waals surface area contributed by atoms with E-state index in [1.807, 2.05) is 0 Å². The molecule has 0 aromatic carbocycles. The SMILES string of the molecule is CC(C)CC1CC(=O)OC1O. The molecule has 11 heavy (non-hydrogen) atoms. The molecule has 3 heteroatoms. The molecule has 3 nitrogen and oxygen atoms in total. The van der Waals surface area contributed by atoms with Crippen LogP contribution < -0.4 is 0 Å². The highest BCUT2D eigenvalue weighted by Crippen LogP contribution is 2.26. The number of aliphatic hydroxyl groups is 1. The molecule has 1 N–H and O–H groups in total. The number of aliphatic hydroxyl groups excluding tert-OH is 1. The molecule has 1 heterocycles. The van der Waals surface area contributed by atoms with Crippen LogP contribution in [0.15, 0.2) is 0 Å². The zero-order valence-corrected chi connectivity index (χ0v) is 6.91. The van der Waals surface area contributed by atoms with Gasteiger partial charge in [-0.15, -0.1) is 0 Å². The van der Waals surface area contributed by atoms with E-state index in [0.29, 0.717) is 12.3 Å². The van der Waals surface area contributed by atoms with E-state index in [0.717, 1.165) is 6.42 Å². The molecule has 0 aromatic heterocycles. The van der Waals surface area contributed by atoms with Crippen LogP contribution in [-0.4, -0.2) is 17.4 Å². The first-order valence-electron chi connectivity index (χ1n) is 3.97. The van der Waals surface area contributed by atoms with Crippen LogP contribution in [0.25, 0.3) is 0 Å². The lowest BCUT2D eigenvalue weighted by molar-refractivity contribution is -0.156. The van der Waals surface area contributed by atoms with Crippen LogP contribution in [0.1, 0.15) is 26.7 Å². The maximum Gasteiger partial charge on any atom is 0.308 e. The average Bonchev–Trinajstić information content (AvgIpc) is 2.09. The minimum atomic E-state index is -0.857. The Hall–Kier alpha value is -0.570. The molecule has 1 saturated heterocycles. The number of carbonyl (C=O) groups is 1. The molecule has 0 spiro atoms. The normalized spacial score (nSPS) is 31.1. The highest BCUT2D eigenvalue weighted by atomic mass is 16.6. The number of hydrogen-bond acceptors (Lipinski definition) is 3. The Morgan fingerprint density at radius 2 is 2.36 bits per heavy atom. The number of esters is 1. The fraction of sp³-hybridized carbons (Fsp3) is 0.875. The van der Waals surface area contributed by atoms with E-state index in [9.17, 15) is 4.79 Å². The van der Waals surface area contributed by atoms with Crippen molar-refractivity contribution in [3.63, 3.8) is 0 Å². The van der Waals surface area contributed by atoms with Crippen molar-refractivity contribution in [3.8, 4) is 0 Å². The van der Waals surface area contributed by atoms with Crippen molar-refractivity contribution in [1.82, 2.24) is 0 Å². The predicted molar refractivity (Wildman–Crippen MR) is 39.7 cm³/mol. The van der Waals surface area contributed by atoms with Gasteiger partial charge in [-0.1, -0.05) is 13.8 Å². The third kappa shape index (κ3) is 2.19. The summed E-state index contributed by atoms with van der Waals surface area (Å²) in [4.78, 5) is 10.7. The summed E-state index contributed by atoms with van der Waals surface area (Å²) in [5.74, 6) is 0.245. The van der Waals surface area contributed by atoms with Crippen LogP contribution >= 0.6 is 0 Å². The van der Waals surface area contributed by atoms with Gasteiger partial charge in [-0.05, 0) is 12.3 Å². The molecule has 1 aliphatic rings. The number of rotatable bonds is 2. The van der Waals surface area contributed by atoms with Crippen LogP contribution in [-0.2, 0) is 9.53 Å².